The highest BCUT2D eigenvalue weighted by Gasteiger charge is 2.65. The lowest BCUT2D eigenvalue weighted by atomic mass is 9.55. The van der Waals surface area contributed by atoms with E-state index in [9.17, 15) is 15.0 Å². The van der Waals surface area contributed by atoms with Crippen molar-refractivity contribution in [3.63, 3.8) is 0 Å². The molecule has 340 valence electrons. The summed E-state index contributed by atoms with van der Waals surface area (Å²) in [6.45, 7) is 5.32. The Kier molecular flexibility index (Phi) is 17.0. The highest BCUT2D eigenvalue weighted by molar-refractivity contribution is 7.98. The Morgan fingerprint density at radius 3 is 2.27 bits per heavy atom. The molecule has 4 aromatic rings. The van der Waals surface area contributed by atoms with Crippen molar-refractivity contribution < 1.29 is 43.5 Å². The second-order valence-electron chi connectivity index (χ2n) is 16.6. The Hall–Kier alpha value is -5.11. The maximum atomic E-state index is 14.2. The fraction of sp³-hybridized carbons (Fsp3) is 0.423. The molecule has 64 heavy (non-hydrogen) atoms. The molecule has 6 atom stereocenters. The highest BCUT2D eigenvalue weighted by Crippen LogP contribution is 2.62. The summed E-state index contributed by atoms with van der Waals surface area (Å²) in [5.41, 5.74) is 4.63. The van der Waals surface area contributed by atoms with Gasteiger partial charge in [-0.05, 0) is 103 Å². The van der Waals surface area contributed by atoms with E-state index < -0.39 is 23.8 Å². The molecule has 1 aliphatic heterocycles. The van der Waals surface area contributed by atoms with Gasteiger partial charge in [0.15, 0.2) is 0 Å². The Labute approximate surface area is 382 Å². The molecule has 7 rings (SSSR count). The van der Waals surface area contributed by atoms with E-state index in [2.05, 4.69) is 18.7 Å². The van der Waals surface area contributed by atoms with Crippen molar-refractivity contribution in [1.29, 1.82) is 0 Å². The van der Waals surface area contributed by atoms with E-state index in [0.717, 1.165) is 58.6 Å². The number of fused-ring (bicyclic) bond motifs is 2. The lowest BCUT2D eigenvalue weighted by Crippen LogP contribution is -2.69. The van der Waals surface area contributed by atoms with E-state index in [1.807, 2.05) is 103 Å². The quantitative estimate of drug-likeness (QED) is 0.0321. The SMILES string of the molecule is C=CCO[C@@]12Oc3ccc(Oc4ccc(SC)cc4)cc3[C@H]3[C@H](CCCCO)[C@@H](CCCCO)C=C(C(=NOCc4ccccc4)C[C@@H]1N(C)C(=O)OCCOCc1ccccc1)[C@H]32. The summed E-state index contributed by atoms with van der Waals surface area (Å²) < 4.78 is 32.6. The first-order valence-corrected chi connectivity index (χ1v) is 23.7. The fourth-order valence-corrected chi connectivity index (χ4v) is 9.92. The van der Waals surface area contributed by atoms with Gasteiger partial charge in [0, 0.05) is 43.1 Å². The van der Waals surface area contributed by atoms with E-state index >= 15 is 0 Å². The van der Waals surface area contributed by atoms with Gasteiger partial charge in [0.1, 0.15) is 36.5 Å². The van der Waals surface area contributed by atoms with E-state index in [4.69, 9.17) is 33.7 Å². The molecule has 3 aliphatic rings. The van der Waals surface area contributed by atoms with Crippen molar-refractivity contribution in [2.45, 2.75) is 80.8 Å². The third-order valence-electron chi connectivity index (χ3n) is 12.5. The Bertz CT molecular complexity index is 2170. The molecule has 0 saturated heterocycles. The minimum absolute atomic E-state index is 0.0521. The number of aliphatic hydroxyl groups is 2. The first kappa shape index (κ1) is 46.9. The molecule has 0 spiro atoms. The Morgan fingerprint density at radius 1 is 0.891 bits per heavy atom. The summed E-state index contributed by atoms with van der Waals surface area (Å²) in [7, 11) is 1.72. The van der Waals surface area contributed by atoms with Crippen LogP contribution in [-0.4, -0.2) is 85.1 Å². The molecule has 4 aromatic carbocycles. The first-order valence-electron chi connectivity index (χ1n) is 22.5. The number of nitrogens with zero attached hydrogens (tertiary/aromatic N) is 2. The van der Waals surface area contributed by atoms with Gasteiger partial charge in [0.05, 0.1) is 31.5 Å². The minimum Gasteiger partial charge on any atom is -0.459 e. The number of likely N-dealkylation sites (N-methyl/N-ethyl adjacent to an activating group) is 1. The summed E-state index contributed by atoms with van der Waals surface area (Å²) >= 11 is 1.67. The molecule has 1 amide bonds. The molecular formula is C52H62N2O9S. The molecule has 0 aromatic heterocycles. The summed E-state index contributed by atoms with van der Waals surface area (Å²) in [5.74, 6) is 0.101. The van der Waals surface area contributed by atoms with Crippen LogP contribution in [0.2, 0.25) is 0 Å². The molecule has 1 fully saturated rings. The van der Waals surface area contributed by atoms with Crippen LogP contribution >= 0.6 is 11.8 Å². The third kappa shape index (κ3) is 11.2. The Balaban J connectivity index is 1.31. The molecule has 2 N–H and O–H groups in total. The van der Waals surface area contributed by atoms with Crippen LogP contribution in [0.3, 0.4) is 0 Å². The number of amides is 1. The molecular weight excluding hydrogens is 829 g/mol. The van der Waals surface area contributed by atoms with E-state index in [1.165, 1.54) is 0 Å². The van der Waals surface area contributed by atoms with Crippen LogP contribution in [0, 0.1) is 17.8 Å². The van der Waals surface area contributed by atoms with Gasteiger partial charge in [-0.2, -0.15) is 0 Å². The zero-order valence-electron chi connectivity index (χ0n) is 37.0. The normalized spacial score (nSPS) is 22.7. The zero-order chi connectivity index (χ0) is 44.7. The number of rotatable bonds is 23. The number of carbonyl (C=O) groups excluding carboxylic acids is 1. The lowest BCUT2D eigenvalue weighted by molar-refractivity contribution is -0.253. The molecule has 12 heteroatoms. The number of allylic oxidation sites excluding steroid dienone is 1. The van der Waals surface area contributed by atoms with Gasteiger partial charge in [-0.15, -0.1) is 18.3 Å². The number of ether oxygens (including phenoxy) is 5. The van der Waals surface area contributed by atoms with Crippen molar-refractivity contribution in [2.75, 3.05) is 46.3 Å². The number of aliphatic hydroxyl groups excluding tert-OH is 2. The van der Waals surface area contributed by atoms with Crippen molar-refractivity contribution in [3.05, 3.63) is 144 Å². The maximum absolute atomic E-state index is 14.2. The Morgan fingerprint density at radius 2 is 1.58 bits per heavy atom. The van der Waals surface area contributed by atoms with Crippen molar-refractivity contribution >= 4 is 23.6 Å². The van der Waals surface area contributed by atoms with Crippen molar-refractivity contribution in [2.24, 2.45) is 22.9 Å². The van der Waals surface area contributed by atoms with Gasteiger partial charge in [-0.3, -0.25) is 0 Å². The number of hydrogen-bond acceptors (Lipinski definition) is 11. The average molecular weight is 891 g/mol. The number of oxime groups is 1. The smallest absolute Gasteiger partial charge is 0.410 e. The van der Waals surface area contributed by atoms with Gasteiger partial charge in [-0.25, -0.2) is 4.79 Å². The molecule has 2 aliphatic carbocycles. The lowest BCUT2D eigenvalue weighted by Gasteiger charge is -2.59. The van der Waals surface area contributed by atoms with Gasteiger partial charge in [0.25, 0.3) is 0 Å². The van der Waals surface area contributed by atoms with Crippen LogP contribution in [0.5, 0.6) is 17.2 Å². The topological polar surface area (TPSA) is 129 Å². The van der Waals surface area contributed by atoms with Crippen LogP contribution < -0.4 is 9.47 Å². The summed E-state index contributed by atoms with van der Waals surface area (Å²) in [5, 5.41) is 24.8. The van der Waals surface area contributed by atoms with Crippen LogP contribution in [0.4, 0.5) is 4.79 Å². The molecule has 0 unspecified atom stereocenters. The number of benzene rings is 4. The summed E-state index contributed by atoms with van der Waals surface area (Å²) in [4.78, 5) is 23.1. The van der Waals surface area contributed by atoms with E-state index in [0.29, 0.717) is 36.7 Å². The number of carbonyl (C=O) groups is 1. The van der Waals surface area contributed by atoms with E-state index in [1.54, 1.807) is 29.8 Å². The standard InChI is InChI=1S/C52H62N2O9S/c1-4-29-60-52-48(54(2)51(57)59-31-30-58-35-37-15-7-5-8-16-37)34-46(53-61-36-38-17-9-6-10-18-38)44-32-39(19-11-13-27-55)43(20-12-14-28-56)49(50(44)52)45-33-41(23-26-47(45)63-52)62-40-21-24-42(64-3)25-22-40/h4-10,15-18,21-26,32-33,39,43,48-50,55-56H,1,11-14,19-20,27-31,34-36H2,2-3H3/t39-,43+,48-,49+,50+,52+/m0/s1. The molecule has 0 radical (unpaired) electrons. The van der Waals surface area contributed by atoms with Gasteiger partial charge in [-0.1, -0.05) is 90.8 Å². The molecule has 1 heterocycles. The monoisotopic (exact) mass is 890 g/mol. The van der Waals surface area contributed by atoms with Gasteiger partial charge in [0.2, 0.25) is 5.79 Å². The van der Waals surface area contributed by atoms with Crippen molar-refractivity contribution in [3.8, 4) is 17.2 Å². The summed E-state index contributed by atoms with van der Waals surface area (Å²) in [6, 6.07) is 33.0. The summed E-state index contributed by atoms with van der Waals surface area (Å²) in [6.07, 6.45) is 10.4. The minimum atomic E-state index is -1.41. The van der Waals surface area contributed by atoms with Gasteiger partial charge < -0.3 is 43.6 Å². The maximum Gasteiger partial charge on any atom is 0.410 e. The molecule has 0 bridgehead atoms. The van der Waals surface area contributed by atoms with Crippen LogP contribution in [0.1, 0.15) is 67.6 Å². The van der Waals surface area contributed by atoms with Gasteiger partial charge >= 0.3 is 6.09 Å². The third-order valence-corrected chi connectivity index (χ3v) is 13.3. The first-order chi connectivity index (χ1) is 31.4. The predicted molar refractivity (Wildman–Crippen MR) is 250 cm³/mol. The second-order valence-corrected chi connectivity index (χ2v) is 17.5. The average Bonchev–Trinajstić information content (AvgIpc) is 3.32. The number of unbranched alkanes of at least 4 members (excludes halogenated alkanes) is 2. The fourth-order valence-electron chi connectivity index (χ4n) is 9.51. The van der Waals surface area contributed by atoms with Crippen LogP contribution in [-0.2, 0) is 32.3 Å². The van der Waals surface area contributed by atoms with Crippen LogP contribution in [0.15, 0.2) is 137 Å². The number of hydrogen-bond donors (Lipinski definition) is 2. The van der Waals surface area contributed by atoms with Crippen LogP contribution in [0.25, 0.3) is 0 Å². The molecule has 1 saturated carbocycles. The molecule has 11 nitrogen and oxygen atoms in total. The second kappa shape index (κ2) is 23.2. The largest absolute Gasteiger partial charge is 0.459 e. The number of thioether (sulfide) groups is 1. The highest BCUT2D eigenvalue weighted by atomic mass is 32.2. The van der Waals surface area contributed by atoms with Crippen molar-refractivity contribution in [1.82, 2.24) is 4.90 Å². The zero-order valence-corrected chi connectivity index (χ0v) is 37.8. The predicted octanol–water partition coefficient (Wildman–Crippen LogP) is 10.3. The van der Waals surface area contributed by atoms with E-state index in [-0.39, 0.29) is 63.8 Å².